The maximum absolute atomic E-state index is 14.6. The fourth-order valence-electron chi connectivity index (χ4n) is 4.15. The van der Waals surface area contributed by atoms with Crippen molar-refractivity contribution in [2.75, 3.05) is 18.5 Å². The van der Waals surface area contributed by atoms with Crippen LogP contribution in [-0.4, -0.2) is 29.1 Å². The van der Waals surface area contributed by atoms with Crippen molar-refractivity contribution >= 4 is 12.2 Å². The van der Waals surface area contributed by atoms with Crippen LogP contribution in [0.4, 0.5) is 10.2 Å². The molecule has 2 aliphatic rings. The molecule has 1 atom stereocenters. The van der Waals surface area contributed by atoms with Crippen molar-refractivity contribution < 1.29 is 13.9 Å². The smallest absolute Gasteiger partial charge is 0.160 e. The molecular formula is C22H20FN5O2. The summed E-state index contributed by atoms with van der Waals surface area (Å²) in [6.45, 7) is 2.81. The quantitative estimate of drug-likeness (QED) is 0.450. The van der Waals surface area contributed by atoms with Gasteiger partial charge in [0.15, 0.2) is 11.6 Å². The molecule has 3 N–H and O–H groups in total. The summed E-state index contributed by atoms with van der Waals surface area (Å²) < 4.78 is 27.9. The van der Waals surface area contributed by atoms with Crippen LogP contribution in [0.5, 0.6) is 11.5 Å². The van der Waals surface area contributed by atoms with Crippen LogP contribution in [0.3, 0.4) is 0 Å². The molecule has 30 heavy (non-hydrogen) atoms. The molecule has 2 aromatic heterocycles. The van der Waals surface area contributed by atoms with Gasteiger partial charge in [0.25, 0.3) is 0 Å². The number of nitrogens with zero attached hydrogens (tertiary/aromatic N) is 2. The summed E-state index contributed by atoms with van der Waals surface area (Å²) in [5.74, 6) is 1.22. The fraction of sp³-hybridized carbons (Fsp3) is 0.227. The standard InChI is InChI=1S/C22H20FN5O2/c1-12-14(3-2-6-26-12)15-7-19-22(28(11-24)21(15)25)27-8-16-17(23)4-5-18-20(16)13(9-29-18)10-30-19/h2-7,11,13,24-25,27H,8-10H2,1H3/t13-/m1/s1. The van der Waals surface area contributed by atoms with Gasteiger partial charge in [-0.25, -0.2) is 4.39 Å². The second-order valence-corrected chi connectivity index (χ2v) is 7.37. The Morgan fingerprint density at radius 1 is 1.20 bits per heavy atom. The van der Waals surface area contributed by atoms with E-state index in [1.807, 2.05) is 19.1 Å². The Bertz CT molecular complexity index is 1240. The largest absolute Gasteiger partial charge is 0.493 e. The third-order valence-electron chi connectivity index (χ3n) is 5.65. The van der Waals surface area contributed by atoms with Crippen molar-refractivity contribution in [2.24, 2.45) is 0 Å². The number of rotatable bonds is 2. The SMILES string of the molecule is Cc1ncccc1-c1cc2c(n(C=N)c1=N)NCc1c(F)ccc3c1[C@H](CO3)CO2. The Kier molecular flexibility index (Phi) is 4.27. The maximum atomic E-state index is 14.6. The summed E-state index contributed by atoms with van der Waals surface area (Å²) in [4.78, 5) is 4.32. The Balaban J connectivity index is 1.68. The van der Waals surface area contributed by atoms with Gasteiger partial charge in [0, 0.05) is 40.7 Å². The average Bonchev–Trinajstić information content (AvgIpc) is 3.18. The first-order chi connectivity index (χ1) is 14.6. The molecule has 0 saturated heterocycles. The number of aromatic nitrogens is 2. The van der Waals surface area contributed by atoms with Crippen molar-refractivity contribution in [3.8, 4) is 22.6 Å². The van der Waals surface area contributed by atoms with Crippen LogP contribution in [0.25, 0.3) is 11.1 Å². The number of hydrogen-bond donors (Lipinski definition) is 3. The van der Waals surface area contributed by atoms with Gasteiger partial charge in [-0.15, -0.1) is 0 Å². The maximum Gasteiger partial charge on any atom is 0.160 e. The van der Waals surface area contributed by atoms with Crippen LogP contribution in [0, 0.1) is 23.6 Å². The zero-order valence-electron chi connectivity index (χ0n) is 16.3. The number of ether oxygens (including phenoxy) is 2. The predicted molar refractivity (Wildman–Crippen MR) is 110 cm³/mol. The highest BCUT2D eigenvalue weighted by molar-refractivity contribution is 5.75. The normalized spacial score (nSPS) is 16.7. The summed E-state index contributed by atoms with van der Waals surface area (Å²) in [7, 11) is 0. The highest BCUT2D eigenvalue weighted by Gasteiger charge is 2.31. The second kappa shape index (κ2) is 6.98. The lowest BCUT2D eigenvalue weighted by molar-refractivity contribution is 0.248. The molecule has 5 rings (SSSR count). The van der Waals surface area contributed by atoms with Crippen LogP contribution < -0.4 is 20.3 Å². The Morgan fingerprint density at radius 2 is 2.00 bits per heavy atom. The van der Waals surface area contributed by atoms with Gasteiger partial charge in [0.1, 0.15) is 17.1 Å². The van der Waals surface area contributed by atoms with E-state index in [1.54, 1.807) is 18.3 Å². The van der Waals surface area contributed by atoms with E-state index in [-0.39, 0.29) is 23.8 Å². The van der Waals surface area contributed by atoms with Crippen LogP contribution in [0.2, 0.25) is 0 Å². The molecule has 0 bridgehead atoms. The van der Waals surface area contributed by atoms with Crippen LogP contribution in [0.1, 0.15) is 22.7 Å². The highest BCUT2D eigenvalue weighted by Crippen LogP contribution is 2.40. The van der Waals surface area contributed by atoms with E-state index in [9.17, 15) is 4.39 Å². The van der Waals surface area contributed by atoms with Crippen LogP contribution in [0.15, 0.2) is 36.5 Å². The number of aryl methyl sites for hydroxylation is 1. The van der Waals surface area contributed by atoms with E-state index in [0.717, 1.165) is 23.2 Å². The van der Waals surface area contributed by atoms with E-state index in [0.29, 0.717) is 41.7 Å². The van der Waals surface area contributed by atoms with E-state index in [2.05, 4.69) is 10.3 Å². The first kappa shape index (κ1) is 18.4. The fourth-order valence-corrected chi connectivity index (χ4v) is 4.15. The Hall–Kier alpha value is -3.68. The zero-order chi connectivity index (χ0) is 20.8. The van der Waals surface area contributed by atoms with Gasteiger partial charge in [0.2, 0.25) is 0 Å². The third-order valence-corrected chi connectivity index (χ3v) is 5.65. The molecule has 2 aliphatic heterocycles. The molecule has 152 valence electrons. The molecule has 0 saturated carbocycles. The van der Waals surface area contributed by atoms with Gasteiger partial charge >= 0.3 is 0 Å². The summed E-state index contributed by atoms with van der Waals surface area (Å²) in [5, 5.41) is 19.8. The lowest BCUT2D eigenvalue weighted by Crippen LogP contribution is -2.26. The van der Waals surface area contributed by atoms with Crippen molar-refractivity contribution in [2.45, 2.75) is 19.4 Å². The minimum atomic E-state index is -0.310. The van der Waals surface area contributed by atoms with Gasteiger partial charge in [-0.05, 0) is 31.2 Å². The van der Waals surface area contributed by atoms with Crippen molar-refractivity contribution in [3.05, 3.63) is 64.7 Å². The van der Waals surface area contributed by atoms with Crippen molar-refractivity contribution in [1.82, 2.24) is 9.55 Å². The van der Waals surface area contributed by atoms with Gasteiger partial charge < -0.3 is 14.8 Å². The monoisotopic (exact) mass is 405 g/mol. The lowest BCUT2D eigenvalue weighted by Gasteiger charge is -2.19. The lowest BCUT2D eigenvalue weighted by atomic mass is 9.96. The predicted octanol–water partition coefficient (Wildman–Crippen LogP) is 3.41. The molecule has 3 aromatic rings. The number of fused-ring (bicyclic) bond motifs is 1. The minimum absolute atomic E-state index is 0.0915. The first-order valence-electron chi connectivity index (χ1n) is 9.66. The van der Waals surface area contributed by atoms with Gasteiger partial charge in [-0.1, -0.05) is 6.07 Å². The van der Waals surface area contributed by atoms with Gasteiger partial charge in [0.05, 0.1) is 25.5 Å². The number of hydrogen-bond acceptors (Lipinski definition) is 6. The van der Waals surface area contributed by atoms with Crippen LogP contribution >= 0.6 is 0 Å². The molecule has 7 nitrogen and oxygen atoms in total. The zero-order valence-corrected chi connectivity index (χ0v) is 16.3. The van der Waals surface area contributed by atoms with Crippen LogP contribution in [-0.2, 0) is 6.54 Å². The molecule has 8 heteroatoms. The number of nitrogens with one attached hydrogen (secondary N) is 3. The summed E-state index contributed by atoms with van der Waals surface area (Å²) in [5.41, 5.74) is 3.66. The summed E-state index contributed by atoms with van der Waals surface area (Å²) >= 11 is 0. The Labute approximate surface area is 172 Å². The van der Waals surface area contributed by atoms with E-state index in [1.165, 1.54) is 10.6 Å². The summed E-state index contributed by atoms with van der Waals surface area (Å²) in [6.07, 6.45) is 2.76. The first-order valence-corrected chi connectivity index (χ1v) is 9.66. The third kappa shape index (κ3) is 2.75. The number of halogens is 1. The molecule has 0 amide bonds. The average molecular weight is 405 g/mol. The van der Waals surface area contributed by atoms with E-state index >= 15 is 0 Å². The molecule has 0 fully saturated rings. The summed E-state index contributed by atoms with van der Waals surface area (Å²) in [6, 6.07) is 8.56. The topological polar surface area (TPSA) is 96.0 Å². The minimum Gasteiger partial charge on any atom is -0.493 e. The van der Waals surface area contributed by atoms with Gasteiger partial charge in [-0.3, -0.25) is 20.4 Å². The number of pyridine rings is 2. The molecule has 0 radical (unpaired) electrons. The van der Waals surface area contributed by atoms with E-state index in [4.69, 9.17) is 20.3 Å². The molecule has 4 heterocycles. The number of benzene rings is 1. The molecule has 0 unspecified atom stereocenters. The van der Waals surface area contributed by atoms with E-state index < -0.39 is 0 Å². The van der Waals surface area contributed by atoms with Crippen molar-refractivity contribution in [3.63, 3.8) is 0 Å². The van der Waals surface area contributed by atoms with Crippen molar-refractivity contribution in [1.29, 1.82) is 10.8 Å². The number of anilines is 1. The van der Waals surface area contributed by atoms with Gasteiger partial charge in [-0.2, -0.15) is 0 Å². The molecule has 0 aliphatic carbocycles. The molecule has 0 spiro atoms. The molecular weight excluding hydrogens is 385 g/mol. The highest BCUT2D eigenvalue weighted by atomic mass is 19.1. The Morgan fingerprint density at radius 3 is 2.77 bits per heavy atom. The second-order valence-electron chi connectivity index (χ2n) is 7.37. The molecule has 1 aromatic carbocycles.